The topological polar surface area (TPSA) is 23.6 Å². The maximum Gasteiger partial charge on any atom is 0.234 e. The molecule has 0 bridgehead atoms. The Morgan fingerprint density at radius 3 is 2.44 bits per heavy atom. The van der Waals surface area contributed by atoms with Crippen molar-refractivity contribution in [2.45, 2.75) is 26.3 Å². The lowest BCUT2D eigenvalue weighted by atomic mass is 10.2. The Kier molecular flexibility index (Phi) is 3.57. The van der Waals surface area contributed by atoms with Crippen LogP contribution >= 0.6 is 0 Å². The van der Waals surface area contributed by atoms with E-state index in [4.69, 9.17) is 0 Å². The second-order valence-corrected chi connectivity index (χ2v) is 4.22. The molecular weight excluding hydrogens is 200 g/mol. The van der Waals surface area contributed by atoms with E-state index in [1.54, 1.807) is 6.92 Å². The maximum atomic E-state index is 11.6. The summed E-state index contributed by atoms with van der Waals surface area (Å²) in [5, 5.41) is 4.03. The second kappa shape index (κ2) is 5.12. The number of rotatable bonds is 3. The van der Waals surface area contributed by atoms with Crippen LogP contribution in [0.4, 0.5) is 0 Å². The quantitative estimate of drug-likeness (QED) is 0.775. The van der Waals surface area contributed by atoms with Gasteiger partial charge in [0.05, 0.1) is 6.54 Å². The molecule has 0 saturated carbocycles. The van der Waals surface area contributed by atoms with Crippen LogP contribution in [0.25, 0.3) is 0 Å². The van der Waals surface area contributed by atoms with Gasteiger partial charge in [0.25, 0.3) is 0 Å². The molecule has 1 aromatic rings. The molecular formula is C13H18N2O. The summed E-state index contributed by atoms with van der Waals surface area (Å²) in [5.41, 5.74) is 1.18. The van der Waals surface area contributed by atoms with E-state index in [0.29, 0.717) is 6.54 Å². The Hall–Kier alpha value is -1.35. The highest BCUT2D eigenvalue weighted by molar-refractivity contribution is 5.72. The molecule has 0 aromatic heterocycles. The predicted molar refractivity (Wildman–Crippen MR) is 63.5 cm³/mol. The molecule has 86 valence electrons. The van der Waals surface area contributed by atoms with Gasteiger partial charge in [0.15, 0.2) is 0 Å². The van der Waals surface area contributed by atoms with Gasteiger partial charge in [0, 0.05) is 20.0 Å². The zero-order chi connectivity index (χ0) is 11.4. The Labute approximate surface area is 96.6 Å². The predicted octanol–water partition coefficient (Wildman–Crippen LogP) is 2.05. The second-order valence-electron chi connectivity index (χ2n) is 4.22. The Morgan fingerprint density at radius 1 is 1.25 bits per heavy atom. The number of carbonyl (C=O) groups is 1. The first kappa shape index (κ1) is 11.1. The van der Waals surface area contributed by atoms with Crippen LogP contribution in [0.1, 0.15) is 25.3 Å². The van der Waals surface area contributed by atoms with Crippen molar-refractivity contribution in [2.24, 2.45) is 0 Å². The molecule has 1 saturated heterocycles. The average Bonchev–Trinajstić information content (AvgIpc) is 2.80. The minimum absolute atomic E-state index is 0.130. The molecule has 0 N–H and O–H groups in total. The van der Waals surface area contributed by atoms with Crippen molar-refractivity contribution in [2.75, 3.05) is 13.1 Å². The zero-order valence-electron chi connectivity index (χ0n) is 9.72. The van der Waals surface area contributed by atoms with E-state index >= 15 is 0 Å². The van der Waals surface area contributed by atoms with Crippen LogP contribution < -0.4 is 0 Å². The van der Waals surface area contributed by atoms with Gasteiger partial charge in [-0.1, -0.05) is 30.3 Å². The van der Waals surface area contributed by atoms with Crippen LogP contribution in [0, 0.1) is 0 Å². The summed E-state index contributed by atoms with van der Waals surface area (Å²) in [5.74, 6) is 0.130. The van der Waals surface area contributed by atoms with E-state index in [1.165, 1.54) is 18.4 Å². The SMILES string of the molecule is CC(=O)N(Cc1ccccc1)N1CCCC1. The summed E-state index contributed by atoms with van der Waals surface area (Å²) in [6.45, 7) is 4.34. The van der Waals surface area contributed by atoms with Gasteiger partial charge in [-0.25, -0.2) is 5.01 Å². The van der Waals surface area contributed by atoms with Gasteiger partial charge in [-0.2, -0.15) is 0 Å². The number of nitrogens with zero attached hydrogens (tertiary/aromatic N) is 2. The molecule has 1 fully saturated rings. The molecule has 2 rings (SSSR count). The summed E-state index contributed by atoms with van der Waals surface area (Å²) in [6.07, 6.45) is 2.39. The van der Waals surface area contributed by atoms with Crippen molar-refractivity contribution < 1.29 is 4.79 Å². The fraction of sp³-hybridized carbons (Fsp3) is 0.462. The van der Waals surface area contributed by atoms with Crippen LogP contribution in [-0.2, 0) is 11.3 Å². The first-order valence-corrected chi connectivity index (χ1v) is 5.84. The van der Waals surface area contributed by atoms with E-state index in [0.717, 1.165) is 13.1 Å². The molecule has 1 amide bonds. The van der Waals surface area contributed by atoms with Gasteiger partial charge in [0.2, 0.25) is 5.91 Å². The van der Waals surface area contributed by atoms with Crippen LogP contribution in [0.2, 0.25) is 0 Å². The summed E-state index contributed by atoms with van der Waals surface area (Å²) in [4.78, 5) is 11.6. The maximum absolute atomic E-state index is 11.6. The first-order valence-electron chi connectivity index (χ1n) is 5.84. The highest BCUT2D eigenvalue weighted by atomic mass is 16.2. The number of hydrogen-bond donors (Lipinski definition) is 0. The van der Waals surface area contributed by atoms with Gasteiger partial charge in [-0.15, -0.1) is 0 Å². The Morgan fingerprint density at radius 2 is 1.88 bits per heavy atom. The molecule has 1 aliphatic heterocycles. The van der Waals surface area contributed by atoms with Gasteiger partial charge < -0.3 is 0 Å². The van der Waals surface area contributed by atoms with Gasteiger partial charge >= 0.3 is 0 Å². The largest absolute Gasteiger partial charge is 0.274 e. The third-order valence-electron chi connectivity index (χ3n) is 2.96. The number of carbonyl (C=O) groups excluding carboxylic acids is 1. The van der Waals surface area contributed by atoms with Gasteiger partial charge in [-0.05, 0) is 18.4 Å². The first-order chi connectivity index (χ1) is 7.77. The number of benzene rings is 1. The van der Waals surface area contributed by atoms with Crippen LogP contribution in [0.15, 0.2) is 30.3 Å². The van der Waals surface area contributed by atoms with E-state index in [1.807, 2.05) is 23.2 Å². The fourth-order valence-corrected chi connectivity index (χ4v) is 2.11. The summed E-state index contributed by atoms with van der Waals surface area (Å²) in [7, 11) is 0. The van der Waals surface area contributed by atoms with Crippen molar-refractivity contribution in [3.8, 4) is 0 Å². The average molecular weight is 218 g/mol. The Balaban J connectivity index is 2.05. The summed E-state index contributed by atoms with van der Waals surface area (Å²) < 4.78 is 0. The lowest BCUT2D eigenvalue weighted by Gasteiger charge is -2.30. The lowest BCUT2D eigenvalue weighted by molar-refractivity contribution is -0.146. The summed E-state index contributed by atoms with van der Waals surface area (Å²) >= 11 is 0. The molecule has 3 heteroatoms. The van der Waals surface area contributed by atoms with E-state index < -0.39 is 0 Å². The van der Waals surface area contributed by atoms with E-state index in [2.05, 4.69) is 17.1 Å². The number of hydrogen-bond acceptors (Lipinski definition) is 2. The van der Waals surface area contributed by atoms with Crippen LogP contribution in [-0.4, -0.2) is 29.0 Å². The monoisotopic (exact) mass is 218 g/mol. The highest BCUT2D eigenvalue weighted by Crippen LogP contribution is 2.14. The fourth-order valence-electron chi connectivity index (χ4n) is 2.11. The molecule has 1 aliphatic rings. The molecule has 0 radical (unpaired) electrons. The minimum Gasteiger partial charge on any atom is -0.274 e. The van der Waals surface area contributed by atoms with Crippen molar-refractivity contribution in [3.05, 3.63) is 35.9 Å². The highest BCUT2D eigenvalue weighted by Gasteiger charge is 2.21. The molecule has 1 aromatic carbocycles. The molecule has 0 aliphatic carbocycles. The third kappa shape index (κ3) is 2.61. The molecule has 3 nitrogen and oxygen atoms in total. The van der Waals surface area contributed by atoms with Crippen molar-refractivity contribution in [1.82, 2.24) is 10.0 Å². The van der Waals surface area contributed by atoms with E-state index in [9.17, 15) is 4.79 Å². The molecule has 0 spiro atoms. The molecule has 1 heterocycles. The smallest absolute Gasteiger partial charge is 0.234 e. The van der Waals surface area contributed by atoms with Crippen LogP contribution in [0.3, 0.4) is 0 Å². The molecule has 0 unspecified atom stereocenters. The van der Waals surface area contributed by atoms with Crippen molar-refractivity contribution in [3.63, 3.8) is 0 Å². The number of hydrazine groups is 1. The van der Waals surface area contributed by atoms with Crippen molar-refractivity contribution in [1.29, 1.82) is 0 Å². The van der Waals surface area contributed by atoms with E-state index in [-0.39, 0.29) is 5.91 Å². The minimum atomic E-state index is 0.130. The molecule has 16 heavy (non-hydrogen) atoms. The standard InChI is InChI=1S/C13H18N2O/c1-12(16)15(14-9-5-6-10-14)11-13-7-3-2-4-8-13/h2-4,7-8H,5-6,9-11H2,1H3. The zero-order valence-corrected chi connectivity index (χ0v) is 9.72. The normalized spacial score (nSPS) is 16.3. The lowest BCUT2D eigenvalue weighted by Crippen LogP contribution is -2.43. The Bertz CT molecular complexity index is 344. The third-order valence-corrected chi connectivity index (χ3v) is 2.96. The summed E-state index contributed by atoms with van der Waals surface area (Å²) in [6, 6.07) is 10.1. The van der Waals surface area contributed by atoms with Crippen molar-refractivity contribution >= 4 is 5.91 Å². The van der Waals surface area contributed by atoms with Gasteiger partial charge in [-0.3, -0.25) is 9.80 Å². The molecule has 0 atom stereocenters. The van der Waals surface area contributed by atoms with Gasteiger partial charge in [0.1, 0.15) is 0 Å². The van der Waals surface area contributed by atoms with Crippen LogP contribution in [0.5, 0.6) is 0 Å². The number of amides is 1.